The zero-order valence-corrected chi connectivity index (χ0v) is 17.5. The number of hydrogen-bond donors (Lipinski definition) is 1. The maximum Gasteiger partial charge on any atom is 0.255 e. The average molecular weight is 428 g/mol. The summed E-state index contributed by atoms with van der Waals surface area (Å²) in [5.74, 6) is -0.261. The van der Waals surface area contributed by atoms with Gasteiger partial charge in [0, 0.05) is 12.6 Å². The summed E-state index contributed by atoms with van der Waals surface area (Å²) >= 11 is 0. The van der Waals surface area contributed by atoms with Crippen LogP contribution in [0, 0.1) is 5.82 Å². The minimum absolute atomic E-state index is 0.303. The molecule has 0 aliphatic carbocycles. The van der Waals surface area contributed by atoms with E-state index < -0.39 is 15.9 Å². The number of anilines is 2. The van der Waals surface area contributed by atoms with Gasteiger partial charge < -0.3 is 10.1 Å². The largest absolute Gasteiger partial charge is 0.497 e. The molecule has 0 fully saturated rings. The van der Waals surface area contributed by atoms with Crippen LogP contribution in [0.1, 0.15) is 10.4 Å². The van der Waals surface area contributed by atoms with Crippen LogP contribution in [-0.2, 0) is 10.0 Å². The number of carbonyl (C=O) groups is 1. The number of nitrogens with zero attached hydrogens (tertiary/aromatic N) is 1. The lowest BCUT2D eigenvalue weighted by Crippen LogP contribution is -2.26. The molecule has 1 N–H and O–H groups in total. The lowest BCUT2D eigenvalue weighted by Gasteiger charge is -2.21. The number of carbonyl (C=O) groups excluding carboxylic acids is 1. The Labute approximate surface area is 175 Å². The summed E-state index contributed by atoms with van der Waals surface area (Å²) in [5.41, 5.74) is 2.38. The zero-order valence-electron chi connectivity index (χ0n) is 16.7. The van der Waals surface area contributed by atoms with Gasteiger partial charge in [0.1, 0.15) is 11.6 Å². The Morgan fingerprint density at radius 2 is 1.67 bits per heavy atom. The minimum atomic E-state index is -3.56. The predicted octanol–water partition coefficient (Wildman–Crippen LogP) is 4.15. The molecule has 156 valence electrons. The molecule has 0 atom stereocenters. The van der Waals surface area contributed by atoms with E-state index in [1.807, 2.05) is 0 Å². The Morgan fingerprint density at radius 3 is 2.30 bits per heavy atom. The van der Waals surface area contributed by atoms with Crippen molar-refractivity contribution in [3.05, 3.63) is 78.1 Å². The second-order valence-electron chi connectivity index (χ2n) is 6.66. The lowest BCUT2D eigenvalue weighted by molar-refractivity contribution is 0.102. The van der Waals surface area contributed by atoms with Gasteiger partial charge in [0.15, 0.2) is 0 Å². The number of sulfonamides is 1. The van der Waals surface area contributed by atoms with Crippen LogP contribution in [0.25, 0.3) is 11.1 Å². The number of nitrogens with one attached hydrogen (secondary N) is 1. The van der Waals surface area contributed by atoms with E-state index in [9.17, 15) is 17.6 Å². The van der Waals surface area contributed by atoms with Crippen LogP contribution >= 0.6 is 0 Å². The number of halogens is 1. The van der Waals surface area contributed by atoms with Gasteiger partial charge in [-0.15, -0.1) is 0 Å². The number of benzene rings is 3. The van der Waals surface area contributed by atoms with E-state index in [0.717, 1.165) is 16.1 Å². The third-order valence-electron chi connectivity index (χ3n) is 4.59. The van der Waals surface area contributed by atoms with Gasteiger partial charge in [0.25, 0.3) is 5.91 Å². The molecule has 1 amide bonds. The third-order valence-corrected chi connectivity index (χ3v) is 5.78. The molecular weight excluding hydrogens is 407 g/mol. The van der Waals surface area contributed by atoms with Gasteiger partial charge >= 0.3 is 0 Å². The Hall–Kier alpha value is -3.39. The number of hydrogen-bond acceptors (Lipinski definition) is 4. The first-order valence-electron chi connectivity index (χ1n) is 8.98. The molecule has 0 saturated heterocycles. The third kappa shape index (κ3) is 4.77. The molecule has 6 nitrogen and oxygen atoms in total. The Bertz CT molecular complexity index is 1180. The van der Waals surface area contributed by atoms with Crippen LogP contribution in [0.15, 0.2) is 66.7 Å². The molecule has 0 saturated carbocycles. The fourth-order valence-corrected chi connectivity index (χ4v) is 3.39. The Balaban J connectivity index is 2.04. The molecule has 0 aliphatic heterocycles. The molecule has 8 heteroatoms. The SMILES string of the molecule is COc1cccc(C(=O)Nc2cc(-c3ccc(F)cc3)ccc2N(C)S(C)(=O)=O)c1. The Morgan fingerprint density at radius 1 is 1.00 bits per heavy atom. The van der Waals surface area contributed by atoms with Gasteiger partial charge in [-0.3, -0.25) is 9.10 Å². The second kappa shape index (κ2) is 8.54. The van der Waals surface area contributed by atoms with Gasteiger partial charge in [-0.2, -0.15) is 0 Å². The van der Waals surface area contributed by atoms with Crippen molar-refractivity contribution in [1.82, 2.24) is 0 Å². The van der Waals surface area contributed by atoms with Crippen LogP contribution in [-0.4, -0.2) is 34.7 Å². The van der Waals surface area contributed by atoms with Gasteiger partial charge in [0.2, 0.25) is 10.0 Å². The van der Waals surface area contributed by atoms with E-state index in [0.29, 0.717) is 28.3 Å². The molecule has 0 aliphatic rings. The highest BCUT2D eigenvalue weighted by molar-refractivity contribution is 7.92. The predicted molar refractivity (Wildman–Crippen MR) is 116 cm³/mol. The molecule has 0 spiro atoms. The van der Waals surface area contributed by atoms with E-state index in [1.54, 1.807) is 54.6 Å². The van der Waals surface area contributed by atoms with Crippen molar-refractivity contribution in [3.63, 3.8) is 0 Å². The summed E-state index contributed by atoms with van der Waals surface area (Å²) in [6, 6.07) is 17.5. The van der Waals surface area contributed by atoms with Crippen molar-refractivity contribution in [2.75, 3.05) is 30.0 Å². The quantitative estimate of drug-likeness (QED) is 0.640. The zero-order chi connectivity index (χ0) is 21.9. The summed E-state index contributed by atoms with van der Waals surface area (Å²) in [4.78, 5) is 12.8. The molecule has 30 heavy (non-hydrogen) atoms. The molecule has 0 radical (unpaired) electrons. The molecule has 3 aromatic rings. The van der Waals surface area contributed by atoms with Crippen LogP contribution in [0.2, 0.25) is 0 Å². The van der Waals surface area contributed by atoms with Gasteiger partial charge in [-0.25, -0.2) is 12.8 Å². The highest BCUT2D eigenvalue weighted by Crippen LogP contribution is 2.33. The molecule has 0 bridgehead atoms. The highest BCUT2D eigenvalue weighted by atomic mass is 32.2. The molecule has 3 rings (SSSR count). The first-order chi connectivity index (χ1) is 14.2. The van der Waals surface area contributed by atoms with E-state index >= 15 is 0 Å². The summed E-state index contributed by atoms with van der Waals surface area (Å²) in [7, 11) is -0.652. The highest BCUT2D eigenvalue weighted by Gasteiger charge is 2.19. The molecular formula is C22H21FN2O4S. The molecule has 0 aromatic heterocycles. The van der Waals surface area contributed by atoms with Crippen molar-refractivity contribution >= 4 is 27.3 Å². The number of rotatable bonds is 6. The fourth-order valence-electron chi connectivity index (χ4n) is 2.87. The maximum absolute atomic E-state index is 13.3. The van der Waals surface area contributed by atoms with E-state index in [2.05, 4.69) is 5.32 Å². The first-order valence-corrected chi connectivity index (χ1v) is 10.8. The van der Waals surface area contributed by atoms with Gasteiger partial charge in [-0.05, 0) is 53.6 Å². The first kappa shape index (κ1) is 21.3. The number of ether oxygens (including phenoxy) is 1. The van der Waals surface area contributed by atoms with Crippen molar-refractivity contribution in [2.45, 2.75) is 0 Å². The van der Waals surface area contributed by atoms with Crippen molar-refractivity contribution in [3.8, 4) is 16.9 Å². The summed E-state index contributed by atoms with van der Waals surface area (Å²) < 4.78 is 43.6. The maximum atomic E-state index is 13.3. The van der Waals surface area contributed by atoms with Crippen molar-refractivity contribution < 1.29 is 22.3 Å². The molecule has 3 aromatic carbocycles. The van der Waals surface area contributed by atoms with Crippen LogP contribution < -0.4 is 14.4 Å². The molecule has 0 heterocycles. The molecule has 0 unspecified atom stereocenters. The summed E-state index contributed by atoms with van der Waals surface area (Å²) in [6.07, 6.45) is 1.08. The topological polar surface area (TPSA) is 75.7 Å². The normalized spacial score (nSPS) is 11.1. The number of amides is 1. The van der Waals surface area contributed by atoms with Crippen LogP contribution in [0.3, 0.4) is 0 Å². The average Bonchev–Trinajstić information content (AvgIpc) is 2.73. The second-order valence-corrected chi connectivity index (χ2v) is 8.67. The van der Waals surface area contributed by atoms with Crippen molar-refractivity contribution in [1.29, 1.82) is 0 Å². The minimum Gasteiger partial charge on any atom is -0.497 e. The van der Waals surface area contributed by atoms with Gasteiger partial charge in [-0.1, -0.05) is 24.3 Å². The van der Waals surface area contributed by atoms with E-state index in [4.69, 9.17) is 4.74 Å². The van der Waals surface area contributed by atoms with E-state index in [-0.39, 0.29) is 5.82 Å². The Kier molecular flexibility index (Phi) is 6.07. The fraction of sp³-hybridized carbons (Fsp3) is 0.136. The van der Waals surface area contributed by atoms with Crippen LogP contribution in [0.4, 0.5) is 15.8 Å². The van der Waals surface area contributed by atoms with Crippen LogP contribution in [0.5, 0.6) is 5.75 Å². The van der Waals surface area contributed by atoms with Gasteiger partial charge in [0.05, 0.1) is 24.7 Å². The van der Waals surface area contributed by atoms with E-state index in [1.165, 1.54) is 26.3 Å². The summed E-state index contributed by atoms with van der Waals surface area (Å²) in [5, 5.41) is 2.78. The summed E-state index contributed by atoms with van der Waals surface area (Å²) in [6.45, 7) is 0. The smallest absolute Gasteiger partial charge is 0.255 e. The standard InChI is InChI=1S/C22H21FN2O4S/c1-25(30(3,27)28)21-12-9-16(15-7-10-18(23)11-8-15)14-20(21)24-22(26)17-5-4-6-19(13-17)29-2/h4-14H,1-3H3,(H,24,26). The number of methoxy groups -OCH3 is 1. The monoisotopic (exact) mass is 428 g/mol. The van der Waals surface area contributed by atoms with Crippen molar-refractivity contribution in [2.24, 2.45) is 0 Å². The lowest BCUT2D eigenvalue weighted by atomic mass is 10.0.